The van der Waals surface area contributed by atoms with Gasteiger partial charge in [-0.1, -0.05) is 13.3 Å². The number of carbonyl (C=O) groups is 2. The zero-order valence-corrected chi connectivity index (χ0v) is 11.7. The maximum atomic E-state index is 12.5. The maximum absolute atomic E-state index is 12.5. The quantitative estimate of drug-likeness (QED) is 0.720. The second-order valence-corrected chi connectivity index (χ2v) is 5.07. The number of nitrogens with one attached hydrogen (secondary N) is 2. The molecule has 0 aliphatic carbocycles. The summed E-state index contributed by atoms with van der Waals surface area (Å²) in [6.45, 7) is 6.34. The van der Waals surface area contributed by atoms with Gasteiger partial charge in [0.25, 0.3) is 0 Å². The van der Waals surface area contributed by atoms with Crippen molar-refractivity contribution in [3.63, 3.8) is 0 Å². The van der Waals surface area contributed by atoms with Gasteiger partial charge in [-0.05, 0) is 26.3 Å². The molecule has 1 unspecified atom stereocenters. The van der Waals surface area contributed by atoms with Gasteiger partial charge >= 0.3 is 0 Å². The van der Waals surface area contributed by atoms with Crippen molar-refractivity contribution < 1.29 is 9.59 Å². The number of carbonyl (C=O) groups excluding carboxylic acids is 2. The molecule has 0 aromatic rings. The van der Waals surface area contributed by atoms with Crippen molar-refractivity contribution >= 4 is 11.8 Å². The van der Waals surface area contributed by atoms with Gasteiger partial charge in [0.1, 0.15) is 0 Å². The van der Waals surface area contributed by atoms with Gasteiger partial charge in [0, 0.05) is 20.1 Å². The fraction of sp³-hybridized carbons (Fsp3) is 0.846. The van der Waals surface area contributed by atoms with Gasteiger partial charge in [0.15, 0.2) is 0 Å². The summed E-state index contributed by atoms with van der Waals surface area (Å²) in [5.41, 5.74) is -0.296. The zero-order valence-electron chi connectivity index (χ0n) is 11.7. The first-order chi connectivity index (χ1) is 8.55. The third kappa shape index (κ3) is 3.45. The lowest BCUT2D eigenvalue weighted by atomic mass is 9.81. The summed E-state index contributed by atoms with van der Waals surface area (Å²) in [4.78, 5) is 25.6. The number of hydrogen-bond acceptors (Lipinski definition) is 3. The molecule has 0 aromatic heterocycles. The number of rotatable bonds is 6. The van der Waals surface area contributed by atoms with Crippen molar-refractivity contribution in [2.75, 3.05) is 33.2 Å². The molecular weight excluding hydrogens is 230 g/mol. The molecule has 5 heteroatoms. The highest BCUT2D eigenvalue weighted by Gasteiger charge is 2.42. The molecule has 104 valence electrons. The average molecular weight is 255 g/mol. The summed E-state index contributed by atoms with van der Waals surface area (Å²) in [5, 5.41) is 5.98. The normalized spacial score (nSPS) is 22.8. The van der Waals surface area contributed by atoms with Gasteiger partial charge in [0.05, 0.1) is 12.0 Å². The van der Waals surface area contributed by atoms with Crippen LogP contribution >= 0.6 is 0 Å². The second kappa shape index (κ2) is 6.73. The third-order valence-corrected chi connectivity index (χ3v) is 3.53. The Kier molecular flexibility index (Phi) is 5.59. The average Bonchev–Trinajstić information content (AvgIpc) is 2.78. The highest BCUT2D eigenvalue weighted by Crippen LogP contribution is 2.32. The lowest BCUT2D eigenvalue weighted by Crippen LogP contribution is -2.47. The van der Waals surface area contributed by atoms with Gasteiger partial charge < -0.3 is 15.5 Å². The molecule has 0 spiro atoms. The predicted octanol–water partition coefficient (Wildman–Crippen LogP) is 0.361. The first-order valence-corrected chi connectivity index (χ1v) is 6.78. The van der Waals surface area contributed by atoms with Crippen molar-refractivity contribution in [1.82, 2.24) is 15.5 Å². The van der Waals surface area contributed by atoms with E-state index in [1.807, 2.05) is 6.92 Å². The van der Waals surface area contributed by atoms with E-state index in [-0.39, 0.29) is 23.8 Å². The van der Waals surface area contributed by atoms with Crippen LogP contribution in [0.2, 0.25) is 0 Å². The van der Waals surface area contributed by atoms with Gasteiger partial charge in [-0.25, -0.2) is 0 Å². The molecule has 2 amide bonds. The van der Waals surface area contributed by atoms with Gasteiger partial charge in [-0.15, -0.1) is 0 Å². The smallest absolute Gasteiger partial charge is 0.239 e. The number of nitrogens with zero attached hydrogens (tertiary/aromatic N) is 1. The highest BCUT2D eigenvalue weighted by molar-refractivity contribution is 5.88. The Morgan fingerprint density at radius 2 is 2.11 bits per heavy atom. The minimum atomic E-state index is -0.296. The SMILES string of the molecule is CCCC1(C(=O)N(C)CC(=O)NCC)CCNC1. The topological polar surface area (TPSA) is 61.4 Å². The van der Waals surface area contributed by atoms with Crippen LogP contribution in [-0.2, 0) is 9.59 Å². The summed E-state index contributed by atoms with van der Waals surface area (Å²) in [7, 11) is 1.72. The molecule has 1 saturated heterocycles. The Bertz CT molecular complexity index is 299. The molecular formula is C13H25N3O2. The highest BCUT2D eigenvalue weighted by atomic mass is 16.2. The van der Waals surface area contributed by atoms with E-state index in [4.69, 9.17) is 0 Å². The Hall–Kier alpha value is -1.10. The van der Waals surface area contributed by atoms with Crippen LogP contribution in [0.3, 0.4) is 0 Å². The van der Waals surface area contributed by atoms with E-state index in [9.17, 15) is 9.59 Å². The van der Waals surface area contributed by atoms with E-state index in [1.165, 1.54) is 0 Å². The van der Waals surface area contributed by atoms with Crippen molar-refractivity contribution in [1.29, 1.82) is 0 Å². The molecule has 0 radical (unpaired) electrons. The first kappa shape index (κ1) is 15.0. The monoisotopic (exact) mass is 255 g/mol. The second-order valence-electron chi connectivity index (χ2n) is 5.07. The molecule has 1 aliphatic heterocycles. The van der Waals surface area contributed by atoms with Crippen molar-refractivity contribution in [2.24, 2.45) is 5.41 Å². The van der Waals surface area contributed by atoms with Crippen molar-refractivity contribution in [3.05, 3.63) is 0 Å². The largest absolute Gasteiger partial charge is 0.355 e. The molecule has 0 bridgehead atoms. The minimum absolute atomic E-state index is 0.0917. The maximum Gasteiger partial charge on any atom is 0.239 e. The Morgan fingerprint density at radius 3 is 2.61 bits per heavy atom. The molecule has 1 heterocycles. The minimum Gasteiger partial charge on any atom is -0.355 e. The number of amides is 2. The van der Waals surface area contributed by atoms with Crippen molar-refractivity contribution in [2.45, 2.75) is 33.1 Å². The lowest BCUT2D eigenvalue weighted by Gasteiger charge is -2.31. The molecule has 1 aliphatic rings. The molecule has 0 aromatic carbocycles. The summed E-state index contributed by atoms with van der Waals surface area (Å²) < 4.78 is 0. The van der Waals surface area contributed by atoms with Gasteiger partial charge in [0.2, 0.25) is 11.8 Å². The predicted molar refractivity (Wildman–Crippen MR) is 71.1 cm³/mol. The molecule has 18 heavy (non-hydrogen) atoms. The summed E-state index contributed by atoms with van der Waals surface area (Å²) in [5.74, 6) is 0.00607. The van der Waals surface area contributed by atoms with E-state index in [1.54, 1.807) is 11.9 Å². The van der Waals surface area contributed by atoms with Crippen LogP contribution in [0.4, 0.5) is 0 Å². The van der Waals surface area contributed by atoms with Crippen LogP contribution in [0.5, 0.6) is 0 Å². The van der Waals surface area contributed by atoms with Gasteiger partial charge in [-0.2, -0.15) is 0 Å². The van der Waals surface area contributed by atoms with Crippen LogP contribution in [-0.4, -0.2) is 49.9 Å². The molecule has 1 atom stereocenters. The molecule has 1 fully saturated rings. The van der Waals surface area contributed by atoms with Crippen LogP contribution in [0.25, 0.3) is 0 Å². The van der Waals surface area contributed by atoms with E-state index >= 15 is 0 Å². The van der Waals surface area contributed by atoms with E-state index in [0.29, 0.717) is 6.54 Å². The summed E-state index contributed by atoms with van der Waals surface area (Å²) in [6.07, 6.45) is 2.75. The molecule has 1 rings (SSSR count). The van der Waals surface area contributed by atoms with Gasteiger partial charge in [-0.3, -0.25) is 9.59 Å². The third-order valence-electron chi connectivity index (χ3n) is 3.53. The Morgan fingerprint density at radius 1 is 1.39 bits per heavy atom. The van der Waals surface area contributed by atoms with Crippen LogP contribution in [0.1, 0.15) is 33.1 Å². The Balaban J connectivity index is 2.62. The number of hydrogen-bond donors (Lipinski definition) is 2. The van der Waals surface area contributed by atoms with Crippen LogP contribution in [0.15, 0.2) is 0 Å². The Labute approximate surface area is 109 Å². The fourth-order valence-corrected chi connectivity index (χ4v) is 2.67. The van der Waals surface area contributed by atoms with E-state index < -0.39 is 0 Å². The zero-order chi connectivity index (χ0) is 13.6. The fourth-order valence-electron chi connectivity index (χ4n) is 2.67. The lowest BCUT2D eigenvalue weighted by molar-refractivity contribution is -0.143. The standard InChI is InChI=1S/C13H25N3O2/c1-4-6-13(7-8-14-10-13)12(18)16(3)9-11(17)15-5-2/h14H,4-10H2,1-3H3,(H,15,17). The molecule has 0 saturated carbocycles. The summed E-state index contributed by atoms with van der Waals surface area (Å²) >= 11 is 0. The first-order valence-electron chi connectivity index (χ1n) is 6.78. The van der Waals surface area contributed by atoms with Crippen LogP contribution < -0.4 is 10.6 Å². The van der Waals surface area contributed by atoms with E-state index in [2.05, 4.69) is 17.6 Å². The van der Waals surface area contributed by atoms with Crippen LogP contribution in [0, 0.1) is 5.41 Å². The van der Waals surface area contributed by atoms with Crippen molar-refractivity contribution in [3.8, 4) is 0 Å². The van der Waals surface area contributed by atoms with E-state index in [0.717, 1.165) is 32.4 Å². The molecule has 5 nitrogen and oxygen atoms in total. The molecule has 2 N–H and O–H groups in total. The summed E-state index contributed by atoms with van der Waals surface area (Å²) in [6, 6.07) is 0. The number of likely N-dealkylation sites (N-methyl/N-ethyl adjacent to an activating group) is 2.